The summed E-state index contributed by atoms with van der Waals surface area (Å²) in [5.41, 5.74) is 0.309. The Morgan fingerprint density at radius 1 is 0.889 bits per heavy atom. The third-order valence-electron chi connectivity index (χ3n) is 4.39. The first kappa shape index (κ1) is 19.3. The van der Waals surface area contributed by atoms with Crippen LogP contribution in [-0.2, 0) is 4.74 Å². The van der Waals surface area contributed by atoms with Gasteiger partial charge in [0.15, 0.2) is 12.2 Å². The minimum Gasteiger partial charge on any atom is -0.424 e. The van der Waals surface area contributed by atoms with Crippen molar-refractivity contribution in [1.82, 2.24) is 9.97 Å². The van der Waals surface area contributed by atoms with E-state index in [9.17, 15) is 35.4 Å². The molecule has 2 aromatic rings. The molecule has 6 N–H and O–H groups in total. The maximum absolute atomic E-state index is 12.6. The average molecular weight is 378 g/mol. The minimum atomic E-state index is -3.06. The smallest absolute Gasteiger partial charge is 0.343 e. The third-order valence-corrected chi connectivity index (χ3v) is 4.39. The van der Waals surface area contributed by atoms with E-state index < -0.39 is 42.3 Å². The van der Waals surface area contributed by atoms with Crippen molar-refractivity contribution < 1.29 is 40.2 Å². The van der Waals surface area contributed by atoms with Crippen LogP contribution in [0.4, 0.5) is 0 Å². The van der Waals surface area contributed by atoms with Gasteiger partial charge in [-0.2, -0.15) is 0 Å². The number of carbonyl (C=O) groups excluding carboxylic acids is 1. The van der Waals surface area contributed by atoms with Crippen LogP contribution in [0.25, 0.3) is 11.4 Å². The molecule has 1 saturated carbocycles. The van der Waals surface area contributed by atoms with Crippen LogP contribution in [0.3, 0.4) is 0 Å². The molecule has 0 spiro atoms. The molecular weight excluding hydrogens is 360 g/mol. The van der Waals surface area contributed by atoms with Gasteiger partial charge in [0.05, 0.1) is 11.3 Å². The Balaban J connectivity index is 1.94. The first-order valence-electron chi connectivity index (χ1n) is 8.00. The van der Waals surface area contributed by atoms with Crippen molar-refractivity contribution in [2.45, 2.75) is 36.3 Å². The number of aromatic nitrogens is 2. The van der Waals surface area contributed by atoms with E-state index in [1.807, 2.05) is 0 Å². The standard InChI is InChI=1S/C17H18N2O8/c20-11-12(21)14(23)17(26,15(24)13(11)22)27-16(25)8-4-3-7-19-10(8)9-5-1-2-6-18-9/h1-7,11-15,20-24,26H/t11?,12-,13+,14-,15-,17?/m1/s1. The molecule has 0 radical (unpaired) electrons. The van der Waals surface area contributed by atoms with Gasteiger partial charge in [0.1, 0.15) is 24.0 Å². The van der Waals surface area contributed by atoms with Gasteiger partial charge in [-0.15, -0.1) is 0 Å². The van der Waals surface area contributed by atoms with Gasteiger partial charge in [0.2, 0.25) is 0 Å². The molecule has 2 heterocycles. The molecule has 0 aromatic carbocycles. The first-order chi connectivity index (χ1) is 12.8. The number of aliphatic hydroxyl groups excluding tert-OH is 5. The molecule has 6 atom stereocenters. The van der Waals surface area contributed by atoms with E-state index in [4.69, 9.17) is 4.74 Å². The van der Waals surface area contributed by atoms with Crippen molar-refractivity contribution in [2.24, 2.45) is 0 Å². The summed E-state index contributed by atoms with van der Waals surface area (Å²) in [5.74, 6) is -4.26. The fraction of sp³-hybridized carbons (Fsp3) is 0.353. The predicted molar refractivity (Wildman–Crippen MR) is 87.9 cm³/mol. The van der Waals surface area contributed by atoms with Crippen molar-refractivity contribution in [3.63, 3.8) is 0 Å². The van der Waals surface area contributed by atoms with Crippen molar-refractivity contribution in [2.75, 3.05) is 0 Å². The lowest BCUT2D eigenvalue weighted by Crippen LogP contribution is -2.72. The van der Waals surface area contributed by atoms with Gasteiger partial charge in [0.25, 0.3) is 5.79 Å². The van der Waals surface area contributed by atoms with Crippen molar-refractivity contribution in [1.29, 1.82) is 0 Å². The summed E-state index contributed by atoms with van der Waals surface area (Å²) in [6, 6.07) is 7.67. The number of ether oxygens (including phenoxy) is 1. The second-order valence-corrected chi connectivity index (χ2v) is 6.12. The highest BCUT2D eigenvalue weighted by molar-refractivity contribution is 5.95. The maximum Gasteiger partial charge on any atom is 0.343 e. The lowest BCUT2D eigenvalue weighted by molar-refractivity contribution is -0.341. The number of aliphatic hydroxyl groups is 6. The Morgan fingerprint density at radius 2 is 1.52 bits per heavy atom. The predicted octanol–water partition coefficient (Wildman–Crippen LogP) is -2.19. The number of carbonyl (C=O) groups is 1. The van der Waals surface area contributed by atoms with Gasteiger partial charge in [-0.1, -0.05) is 6.07 Å². The van der Waals surface area contributed by atoms with E-state index in [1.165, 1.54) is 24.5 Å². The zero-order chi connectivity index (χ0) is 19.8. The Labute approximate surface area is 153 Å². The minimum absolute atomic E-state index is 0.118. The van der Waals surface area contributed by atoms with Crippen LogP contribution < -0.4 is 0 Å². The molecule has 2 unspecified atom stereocenters. The quantitative estimate of drug-likeness (QED) is 0.254. The molecule has 1 aliphatic carbocycles. The molecule has 10 heteroatoms. The summed E-state index contributed by atoms with van der Waals surface area (Å²) in [5, 5.41) is 59.5. The van der Waals surface area contributed by atoms with Crippen LogP contribution >= 0.6 is 0 Å². The maximum atomic E-state index is 12.6. The molecule has 0 aliphatic heterocycles. The van der Waals surface area contributed by atoms with Gasteiger partial charge in [-0.05, 0) is 24.3 Å². The molecule has 2 aromatic heterocycles. The summed E-state index contributed by atoms with van der Waals surface area (Å²) >= 11 is 0. The van der Waals surface area contributed by atoms with Crippen molar-refractivity contribution in [3.05, 3.63) is 48.3 Å². The summed E-state index contributed by atoms with van der Waals surface area (Å²) in [6.45, 7) is 0. The number of hydrogen-bond donors (Lipinski definition) is 6. The number of hydrogen-bond acceptors (Lipinski definition) is 10. The topological polar surface area (TPSA) is 173 Å². The molecule has 10 nitrogen and oxygen atoms in total. The molecular formula is C17H18N2O8. The molecule has 0 amide bonds. The number of esters is 1. The third kappa shape index (κ3) is 3.30. The van der Waals surface area contributed by atoms with E-state index in [1.54, 1.807) is 18.2 Å². The van der Waals surface area contributed by atoms with Crippen LogP contribution in [0.2, 0.25) is 0 Å². The highest BCUT2D eigenvalue weighted by Crippen LogP contribution is 2.33. The number of pyridine rings is 2. The Bertz CT molecular complexity index is 802. The van der Waals surface area contributed by atoms with E-state index in [-0.39, 0.29) is 11.3 Å². The lowest BCUT2D eigenvalue weighted by atomic mass is 9.82. The normalized spacial score (nSPS) is 33.5. The molecule has 0 bridgehead atoms. The average Bonchev–Trinajstić information content (AvgIpc) is 2.70. The largest absolute Gasteiger partial charge is 0.424 e. The fourth-order valence-electron chi connectivity index (χ4n) is 2.84. The molecule has 3 rings (SSSR count). The Kier molecular flexibility index (Phi) is 5.20. The zero-order valence-corrected chi connectivity index (χ0v) is 13.8. The van der Waals surface area contributed by atoms with Crippen LogP contribution in [0, 0.1) is 0 Å². The second-order valence-electron chi connectivity index (χ2n) is 6.12. The summed E-state index contributed by atoms with van der Waals surface area (Å²) in [4.78, 5) is 20.7. The van der Waals surface area contributed by atoms with Crippen LogP contribution in [-0.4, -0.2) is 82.9 Å². The van der Waals surface area contributed by atoms with E-state index >= 15 is 0 Å². The molecule has 0 saturated heterocycles. The Morgan fingerprint density at radius 3 is 2.11 bits per heavy atom. The number of rotatable bonds is 3. The highest BCUT2D eigenvalue weighted by atomic mass is 16.7. The summed E-state index contributed by atoms with van der Waals surface area (Å²) < 4.78 is 4.86. The van der Waals surface area contributed by atoms with Crippen LogP contribution in [0.15, 0.2) is 42.7 Å². The summed E-state index contributed by atoms with van der Waals surface area (Å²) in [6.07, 6.45) is -7.74. The van der Waals surface area contributed by atoms with Gasteiger partial charge in [0, 0.05) is 12.4 Å². The SMILES string of the molecule is O=C(OC1(O)[C@H](O)[C@H](O)C(O)[C@H](O)[C@H]1O)c1cccnc1-c1ccccn1. The Hall–Kier alpha value is -2.47. The van der Waals surface area contributed by atoms with Crippen LogP contribution in [0.1, 0.15) is 10.4 Å². The molecule has 144 valence electrons. The zero-order valence-electron chi connectivity index (χ0n) is 13.8. The van der Waals surface area contributed by atoms with Crippen molar-refractivity contribution in [3.8, 4) is 11.4 Å². The van der Waals surface area contributed by atoms with Crippen molar-refractivity contribution >= 4 is 5.97 Å². The monoisotopic (exact) mass is 378 g/mol. The van der Waals surface area contributed by atoms with E-state index in [0.29, 0.717) is 5.69 Å². The van der Waals surface area contributed by atoms with E-state index in [0.717, 1.165) is 0 Å². The van der Waals surface area contributed by atoms with Crippen LogP contribution in [0.5, 0.6) is 0 Å². The van der Waals surface area contributed by atoms with Gasteiger partial charge in [-0.25, -0.2) is 4.79 Å². The van der Waals surface area contributed by atoms with E-state index in [2.05, 4.69) is 9.97 Å². The van der Waals surface area contributed by atoms with Gasteiger partial charge in [-0.3, -0.25) is 9.97 Å². The summed E-state index contributed by atoms with van der Waals surface area (Å²) in [7, 11) is 0. The van der Waals surface area contributed by atoms with Gasteiger partial charge < -0.3 is 35.4 Å². The molecule has 1 fully saturated rings. The molecule has 1 aliphatic rings. The second kappa shape index (κ2) is 7.27. The highest BCUT2D eigenvalue weighted by Gasteiger charge is 2.60. The van der Waals surface area contributed by atoms with Gasteiger partial charge >= 0.3 is 5.97 Å². The fourth-order valence-corrected chi connectivity index (χ4v) is 2.84. The number of nitrogens with zero attached hydrogens (tertiary/aromatic N) is 2. The molecule has 27 heavy (non-hydrogen) atoms. The lowest BCUT2D eigenvalue weighted by Gasteiger charge is -2.46. The first-order valence-corrected chi connectivity index (χ1v) is 8.00.